The van der Waals surface area contributed by atoms with E-state index in [0.717, 1.165) is 80.6 Å². The van der Waals surface area contributed by atoms with E-state index in [4.69, 9.17) is 41.0 Å². The zero-order chi connectivity index (χ0) is 89.1. The second kappa shape index (κ2) is 36.0. The molecule has 17 rings (SSSR count). The standard InChI is InChI=1S/C86H102ClN11O25S/c1-35(2)18-53(89-7)78(109)96-69-71(104)42-11-16-57(37(4)19-42)120-59-27-46-28-60(75(59)122-61-29-47(34-99)73(106)74(107)76(61)123-63-33-86(6,88)77(108)38(5)119-63)121-58-17-12-43(26-52(58)87)72(105)70-84(115)95-68(82(113)92-65-44-21-39-20-40(23-44)24-45(65)22-39)51-30-48(100)31-56(102)64(51)50-25-41(10-15-55(50)101)66(80(111)97-70)94-81(112)67(46)93-79(110)54(90-83(69)114)32-62(103)91-85(116)98-124(117,118)49-13-8-36(3)9-14-49/h8-17,19,25-28,30-31,35,38-40,44-45,47,53-54,61,63,65-74,76-77,89,99-102,104-108H,18,20-24,29,32-34,88H2,1-7H3,(H,90,114)(H,92,113)(H,93,110)(H,94,112)(H,95,115)(H,96,109)(H,97,111)(H2,91,98,103,116)/t38-,39?,40?,44?,45?,47+,53+,54-,61+,63-,65?,66+,67+,68-,69+,70-,71+,72+,73+,74-,76-,77+,86-/m0/s1. The summed E-state index contributed by atoms with van der Waals surface area (Å²) in [5.41, 5.74) is 3.83. The van der Waals surface area contributed by atoms with Gasteiger partial charge in [0, 0.05) is 47.7 Å². The van der Waals surface area contributed by atoms with Gasteiger partial charge in [0.05, 0.1) is 40.7 Å². The van der Waals surface area contributed by atoms with E-state index in [0.29, 0.717) is 17.4 Å². The summed E-state index contributed by atoms with van der Waals surface area (Å²) < 4.78 is 62.3. The number of ether oxygens (including phenoxy) is 5. The second-order valence-electron chi connectivity index (χ2n) is 34.5. The van der Waals surface area contributed by atoms with Crippen LogP contribution in [-0.4, -0.2) is 200 Å². The Hall–Kier alpha value is -10.8. The first-order chi connectivity index (χ1) is 58.7. The van der Waals surface area contributed by atoms with Crippen LogP contribution in [0.15, 0.2) is 108 Å². The molecule has 6 fully saturated rings. The minimum absolute atomic E-state index is 0.0489. The van der Waals surface area contributed by atoms with Crippen molar-refractivity contribution in [3.05, 3.63) is 147 Å². The Bertz CT molecular complexity index is 5270. The lowest BCUT2D eigenvalue weighted by atomic mass is 9.54. The normalized spacial score (nSPS) is 30.6. The van der Waals surface area contributed by atoms with Gasteiger partial charge in [-0.15, -0.1) is 0 Å². The number of amides is 10. The van der Waals surface area contributed by atoms with Crippen LogP contribution in [0, 0.1) is 49.4 Å². The molecule has 0 aromatic heterocycles. The molecule has 124 heavy (non-hydrogen) atoms. The number of carbonyl (C=O) groups excluding carboxylic acids is 9. The fourth-order valence-electron chi connectivity index (χ4n) is 18.7. The summed E-state index contributed by atoms with van der Waals surface area (Å²) in [5.74, 6) is -14.8. The molecule has 1 saturated heterocycles. The summed E-state index contributed by atoms with van der Waals surface area (Å²) in [5, 5.41) is 130. The number of rotatable bonds is 16. The zero-order valence-electron chi connectivity index (χ0n) is 68.6. The Morgan fingerprint density at radius 1 is 0.677 bits per heavy atom. The molecule has 15 bridgehead atoms. The predicted octanol–water partition coefficient (Wildman–Crippen LogP) is 3.32. The number of halogens is 1. The molecule has 21 N–H and O–H groups in total. The number of phenolic OH excluding ortho intramolecular Hbond substituents is 3. The third-order valence-electron chi connectivity index (χ3n) is 24.9. The fourth-order valence-corrected chi connectivity index (χ4v) is 19.8. The number of nitrogens with one attached hydrogen (secondary N) is 10. The first-order valence-electron chi connectivity index (χ1n) is 41.1. The molecule has 0 radical (unpaired) electrons. The lowest BCUT2D eigenvalue weighted by molar-refractivity contribution is -0.286. The minimum atomic E-state index is -4.74. The van der Waals surface area contributed by atoms with Gasteiger partial charge in [0.1, 0.15) is 95.5 Å². The van der Waals surface area contributed by atoms with Crippen LogP contribution < -0.4 is 72.5 Å². The highest BCUT2D eigenvalue weighted by molar-refractivity contribution is 7.90. The lowest BCUT2D eigenvalue weighted by Gasteiger charge is -2.54. The van der Waals surface area contributed by atoms with Crippen molar-refractivity contribution >= 4 is 74.9 Å². The van der Waals surface area contributed by atoms with Crippen molar-refractivity contribution in [2.45, 2.75) is 213 Å². The monoisotopic (exact) mass is 1760 g/mol. The fraction of sp³-hybridized carbons (Fsp3) is 0.477. The smallest absolute Gasteiger partial charge is 0.335 e. The van der Waals surface area contributed by atoms with Gasteiger partial charge in [-0.3, -0.25) is 43.7 Å². The van der Waals surface area contributed by atoms with E-state index < -0.39 is 241 Å². The summed E-state index contributed by atoms with van der Waals surface area (Å²) in [6.07, 6.45) is -12.2. The van der Waals surface area contributed by atoms with Gasteiger partial charge in [-0.05, 0) is 209 Å². The zero-order valence-corrected chi connectivity index (χ0v) is 70.2. The molecule has 5 aliphatic carbocycles. The molecule has 6 heterocycles. The van der Waals surface area contributed by atoms with Crippen LogP contribution in [0.5, 0.6) is 46.0 Å². The minimum Gasteiger partial charge on any atom is -0.508 e. The number of aliphatic hydroxyl groups excluding tert-OH is 6. The number of aliphatic hydroxyl groups is 6. The first kappa shape index (κ1) is 89.5. The summed E-state index contributed by atoms with van der Waals surface area (Å²) in [6.45, 7) is 9.09. The Kier molecular flexibility index (Phi) is 26.0. The number of sulfonamides is 1. The molecule has 11 aliphatic rings. The molecule has 0 unspecified atom stereocenters. The third-order valence-corrected chi connectivity index (χ3v) is 26.5. The first-order valence-corrected chi connectivity index (χ1v) is 42.9. The summed E-state index contributed by atoms with van der Waals surface area (Å²) in [6, 6.07) is 3.69. The molecule has 6 aromatic rings. The van der Waals surface area contributed by atoms with E-state index in [1.807, 2.05) is 19.2 Å². The molecule has 664 valence electrons. The third kappa shape index (κ3) is 18.8. The highest BCUT2D eigenvalue weighted by atomic mass is 35.5. The number of hydrogen-bond acceptors (Lipinski definition) is 27. The topological polar surface area (TPSA) is 562 Å². The number of phenols is 3. The van der Waals surface area contributed by atoms with E-state index >= 15 is 28.8 Å². The van der Waals surface area contributed by atoms with Crippen molar-refractivity contribution in [3.8, 4) is 57.1 Å². The van der Waals surface area contributed by atoms with Gasteiger partial charge in [-0.2, -0.15) is 0 Å². The number of nitrogens with two attached hydrogens (primary N) is 1. The molecule has 6 aliphatic heterocycles. The van der Waals surface area contributed by atoms with E-state index in [-0.39, 0.29) is 87.5 Å². The van der Waals surface area contributed by atoms with Gasteiger partial charge >= 0.3 is 6.03 Å². The van der Waals surface area contributed by atoms with Crippen LogP contribution >= 0.6 is 11.6 Å². The Labute approximate surface area is 717 Å². The Balaban J connectivity index is 0.966. The molecule has 10 amide bonds. The highest BCUT2D eigenvalue weighted by Gasteiger charge is 2.53. The van der Waals surface area contributed by atoms with E-state index in [9.17, 15) is 68.8 Å². The largest absolute Gasteiger partial charge is 0.508 e. The van der Waals surface area contributed by atoms with Crippen LogP contribution in [0.2, 0.25) is 5.02 Å². The van der Waals surface area contributed by atoms with Gasteiger partial charge in [0.25, 0.3) is 10.0 Å². The van der Waals surface area contributed by atoms with Crippen LogP contribution in [0.4, 0.5) is 4.79 Å². The van der Waals surface area contributed by atoms with Crippen LogP contribution in [0.25, 0.3) is 11.1 Å². The molecule has 6 aromatic carbocycles. The molecular formula is C86H102ClN11O25S. The summed E-state index contributed by atoms with van der Waals surface area (Å²) in [4.78, 5) is 138. The maximum Gasteiger partial charge on any atom is 0.335 e. The number of aromatic hydroxyl groups is 3. The number of likely N-dealkylation sites (N-methyl/N-ethyl adjacent to an activating group) is 1. The molecule has 5 saturated carbocycles. The van der Waals surface area contributed by atoms with Gasteiger partial charge in [0.15, 0.2) is 17.8 Å². The van der Waals surface area contributed by atoms with Gasteiger partial charge < -0.3 is 118 Å². The predicted molar refractivity (Wildman–Crippen MR) is 439 cm³/mol. The number of hydrogen-bond donors (Lipinski definition) is 20. The average molecular weight is 1760 g/mol. The molecule has 18 atom stereocenters. The van der Waals surface area contributed by atoms with Gasteiger partial charge in [0.2, 0.25) is 53.0 Å². The van der Waals surface area contributed by atoms with Crippen molar-refractivity contribution < 1.29 is 121 Å². The molecule has 38 heteroatoms. The SMILES string of the molecule is CN[C@H](CC(C)C)C(=O)N[C@H]1C(=O)N[C@@H](CC(=O)NC(=O)NS(=O)(=O)c2ccc(C)cc2)C(=O)N[C@H]2C(=O)N[C@H]3C(=O)N[C@H](C(=O)N[C@H](C(=O)NC4C5CC6CC(C5)CC4C6)c4cc(O)cc(O)c4-c4cc3ccc4O)[C@H](O)c3ccc(c(Cl)c3)Oc3cc2cc(c3O[C@@H]2C[C@H](CO)[C@@H](O)[C@H](O)[C@H]2O[C@H]2C[C@](C)(N)[C@H](O)[C@H](C)O2)Oc2ccc(cc2C)[C@H]1O. The number of imide groups is 1. The Morgan fingerprint density at radius 3 is 1.94 bits per heavy atom. The van der Waals surface area contributed by atoms with Gasteiger partial charge in [-0.25, -0.2) is 17.9 Å². The average Bonchev–Trinajstić information content (AvgIpc) is 0.757. The van der Waals surface area contributed by atoms with Crippen molar-refractivity contribution in [1.29, 1.82) is 0 Å². The summed E-state index contributed by atoms with van der Waals surface area (Å²) >= 11 is 7.30. The maximum absolute atomic E-state index is 16.7. The van der Waals surface area contributed by atoms with Crippen molar-refractivity contribution in [1.82, 2.24) is 52.6 Å². The Morgan fingerprint density at radius 2 is 1.31 bits per heavy atom. The number of fused-ring (bicyclic) bond motifs is 15. The number of carbonyl (C=O) groups is 9. The quantitative estimate of drug-likeness (QED) is 0.0661. The summed E-state index contributed by atoms with van der Waals surface area (Å²) in [7, 11) is -3.28. The molecule has 36 nitrogen and oxygen atoms in total. The van der Waals surface area contributed by atoms with Crippen molar-refractivity contribution in [2.75, 3.05) is 13.7 Å². The molecular weight excluding hydrogens is 1650 g/mol. The van der Waals surface area contributed by atoms with Crippen molar-refractivity contribution in [2.24, 2.45) is 41.2 Å². The van der Waals surface area contributed by atoms with E-state index in [2.05, 4.69) is 42.5 Å². The number of aryl methyl sites for hydroxylation is 2. The number of urea groups is 1. The second-order valence-corrected chi connectivity index (χ2v) is 36.6. The maximum atomic E-state index is 16.7. The highest BCUT2D eigenvalue weighted by Crippen LogP contribution is 2.55. The molecule has 0 spiro atoms. The number of benzene rings is 6. The van der Waals surface area contributed by atoms with Crippen LogP contribution in [-0.2, 0) is 57.9 Å². The van der Waals surface area contributed by atoms with E-state index in [1.165, 1.54) is 75.5 Å². The van der Waals surface area contributed by atoms with Crippen molar-refractivity contribution in [3.63, 3.8) is 0 Å². The van der Waals surface area contributed by atoms with Crippen LogP contribution in [0.3, 0.4) is 0 Å². The van der Waals surface area contributed by atoms with E-state index in [1.54, 1.807) is 18.6 Å². The van der Waals surface area contributed by atoms with Gasteiger partial charge in [-0.1, -0.05) is 61.3 Å². The van der Waals surface area contributed by atoms with Crippen LogP contribution in [0.1, 0.15) is 155 Å². The lowest BCUT2D eigenvalue weighted by Crippen LogP contribution is -2.63.